The fourth-order valence-corrected chi connectivity index (χ4v) is 3.54. The maximum absolute atomic E-state index is 12.1. The molecule has 5 heteroatoms. The summed E-state index contributed by atoms with van der Waals surface area (Å²) in [7, 11) is 0. The Bertz CT molecular complexity index is 1130. The molecule has 0 unspecified atom stereocenters. The van der Waals surface area contributed by atoms with E-state index in [-0.39, 0.29) is 13.0 Å². The highest BCUT2D eigenvalue weighted by molar-refractivity contribution is 5.78. The molecular weight excluding hydrogens is 450 g/mol. The van der Waals surface area contributed by atoms with Gasteiger partial charge in [0.25, 0.3) is 0 Å². The summed E-state index contributed by atoms with van der Waals surface area (Å²) in [5.41, 5.74) is 9.56. The first kappa shape index (κ1) is 26.2. The van der Waals surface area contributed by atoms with Crippen molar-refractivity contribution in [2.75, 3.05) is 0 Å². The lowest BCUT2D eigenvalue weighted by Gasteiger charge is -2.15. The van der Waals surface area contributed by atoms with Crippen LogP contribution in [0, 0.1) is 0 Å². The number of esters is 1. The molecule has 2 N–H and O–H groups in total. The third-order valence-electron chi connectivity index (χ3n) is 5.40. The van der Waals surface area contributed by atoms with E-state index in [0.717, 1.165) is 24.0 Å². The predicted molar refractivity (Wildman–Crippen MR) is 141 cm³/mol. The van der Waals surface area contributed by atoms with Crippen molar-refractivity contribution in [3.63, 3.8) is 0 Å². The van der Waals surface area contributed by atoms with Gasteiger partial charge in [-0.15, -0.1) is 0 Å². The molecule has 4 rings (SSSR count). The summed E-state index contributed by atoms with van der Waals surface area (Å²) in [4.78, 5) is 23.1. The maximum Gasteiger partial charge on any atom is 0.405 e. The zero-order valence-electron chi connectivity index (χ0n) is 20.2. The van der Waals surface area contributed by atoms with Crippen molar-refractivity contribution >= 4 is 12.1 Å². The zero-order chi connectivity index (χ0) is 25.4. The van der Waals surface area contributed by atoms with Crippen LogP contribution < -0.4 is 5.73 Å². The highest BCUT2D eigenvalue weighted by atomic mass is 16.6. The number of ether oxygens (including phenoxy) is 2. The van der Waals surface area contributed by atoms with Crippen LogP contribution in [0.1, 0.15) is 22.3 Å². The molecule has 0 aromatic heterocycles. The number of carbonyl (C=O) groups excluding carboxylic acids is 2. The Balaban J connectivity index is 0.000000221. The number of hydrogen-bond acceptors (Lipinski definition) is 4. The van der Waals surface area contributed by atoms with Crippen molar-refractivity contribution in [2.45, 2.75) is 32.0 Å². The minimum absolute atomic E-state index is 0.118. The molecule has 0 heterocycles. The number of nitrogens with two attached hydrogens (primary N) is 1. The standard InChI is InChI=1S/C17H17NO4.C14H14/c18-17(20)22-15(11-13-7-3-1-4-8-13)16(19)21-12-14-9-5-2-6-10-14;1-3-7-13(8-4-1)11-12-14-9-5-2-6-10-14/h1-10,15H,11-12H2,(H2,18,20);1-10H,11-12H2/t15-;/m0./s1. The second kappa shape index (κ2) is 14.8. The van der Waals surface area contributed by atoms with Crippen molar-refractivity contribution in [1.82, 2.24) is 0 Å². The fourth-order valence-electron chi connectivity index (χ4n) is 3.54. The molecule has 4 aromatic rings. The highest BCUT2D eigenvalue weighted by Gasteiger charge is 2.24. The summed E-state index contributed by atoms with van der Waals surface area (Å²) < 4.78 is 10.1. The van der Waals surface area contributed by atoms with Gasteiger partial charge in [0.2, 0.25) is 6.10 Å². The number of hydrogen-bond donors (Lipinski definition) is 1. The molecule has 0 aliphatic carbocycles. The van der Waals surface area contributed by atoms with Gasteiger partial charge in [0.05, 0.1) is 0 Å². The molecule has 0 radical (unpaired) electrons. The van der Waals surface area contributed by atoms with Gasteiger partial charge in [0.15, 0.2) is 0 Å². The third-order valence-corrected chi connectivity index (χ3v) is 5.40. The summed E-state index contributed by atoms with van der Waals surface area (Å²) >= 11 is 0. The van der Waals surface area contributed by atoms with Crippen molar-refractivity contribution < 1.29 is 19.1 Å². The van der Waals surface area contributed by atoms with Gasteiger partial charge in [-0.05, 0) is 35.1 Å². The van der Waals surface area contributed by atoms with E-state index in [4.69, 9.17) is 15.2 Å². The van der Waals surface area contributed by atoms with Crippen molar-refractivity contribution in [2.24, 2.45) is 5.73 Å². The average molecular weight is 482 g/mol. The lowest BCUT2D eigenvalue weighted by molar-refractivity contribution is -0.154. The van der Waals surface area contributed by atoms with Gasteiger partial charge >= 0.3 is 12.1 Å². The monoisotopic (exact) mass is 481 g/mol. The van der Waals surface area contributed by atoms with Crippen LogP contribution in [0.3, 0.4) is 0 Å². The van der Waals surface area contributed by atoms with Gasteiger partial charge < -0.3 is 15.2 Å². The van der Waals surface area contributed by atoms with Crippen LogP contribution in [0.25, 0.3) is 0 Å². The van der Waals surface area contributed by atoms with Gasteiger partial charge in [0.1, 0.15) is 6.61 Å². The normalized spacial score (nSPS) is 10.9. The van der Waals surface area contributed by atoms with Crippen LogP contribution in [0.5, 0.6) is 0 Å². The Morgan fingerprint density at radius 1 is 0.583 bits per heavy atom. The van der Waals surface area contributed by atoms with E-state index in [1.807, 2.05) is 60.7 Å². The van der Waals surface area contributed by atoms with E-state index in [1.165, 1.54) is 11.1 Å². The lowest BCUT2D eigenvalue weighted by atomic mass is 10.0. The molecule has 36 heavy (non-hydrogen) atoms. The molecule has 0 spiro atoms. The largest absolute Gasteiger partial charge is 0.458 e. The van der Waals surface area contributed by atoms with Crippen LogP contribution in [0.2, 0.25) is 0 Å². The summed E-state index contributed by atoms with van der Waals surface area (Å²) in [5.74, 6) is -0.619. The number of amides is 1. The molecule has 0 bridgehead atoms. The van der Waals surface area contributed by atoms with Gasteiger partial charge in [-0.1, -0.05) is 121 Å². The molecule has 184 valence electrons. The highest BCUT2D eigenvalue weighted by Crippen LogP contribution is 2.10. The van der Waals surface area contributed by atoms with Crippen molar-refractivity contribution in [3.05, 3.63) is 144 Å². The second-order valence-corrected chi connectivity index (χ2v) is 8.18. The fraction of sp³-hybridized carbons (Fsp3) is 0.161. The summed E-state index contributed by atoms with van der Waals surface area (Å²) in [6.07, 6.45) is 0.425. The Kier molecular flexibility index (Phi) is 10.8. The first-order valence-corrected chi connectivity index (χ1v) is 11.9. The van der Waals surface area contributed by atoms with E-state index in [2.05, 4.69) is 60.7 Å². The van der Waals surface area contributed by atoms with Crippen LogP contribution in [-0.4, -0.2) is 18.2 Å². The molecule has 1 amide bonds. The molecule has 0 aliphatic rings. The van der Waals surface area contributed by atoms with Crippen LogP contribution >= 0.6 is 0 Å². The van der Waals surface area contributed by atoms with Crippen LogP contribution in [0.4, 0.5) is 4.79 Å². The molecule has 0 aliphatic heterocycles. The third kappa shape index (κ3) is 9.85. The topological polar surface area (TPSA) is 78.6 Å². The van der Waals surface area contributed by atoms with Crippen molar-refractivity contribution in [1.29, 1.82) is 0 Å². The Hall–Kier alpha value is -4.38. The molecule has 0 saturated carbocycles. The second-order valence-electron chi connectivity index (χ2n) is 8.18. The molecule has 1 atom stereocenters. The van der Waals surface area contributed by atoms with E-state index >= 15 is 0 Å². The van der Waals surface area contributed by atoms with E-state index < -0.39 is 18.2 Å². The summed E-state index contributed by atoms with van der Waals surface area (Å²) in [6.45, 7) is 0.118. The molecule has 4 aromatic carbocycles. The summed E-state index contributed by atoms with van der Waals surface area (Å²) in [6, 6.07) is 39.7. The minimum Gasteiger partial charge on any atom is -0.458 e. The predicted octanol–water partition coefficient (Wildman–Crippen LogP) is 5.91. The number of benzene rings is 4. The maximum atomic E-state index is 12.1. The number of carbonyl (C=O) groups is 2. The Morgan fingerprint density at radius 2 is 0.972 bits per heavy atom. The molecule has 0 saturated heterocycles. The molecule has 0 fully saturated rings. The number of aryl methyl sites for hydroxylation is 2. The van der Waals surface area contributed by atoms with Crippen molar-refractivity contribution in [3.8, 4) is 0 Å². The minimum atomic E-state index is -1.05. The number of rotatable bonds is 9. The Morgan fingerprint density at radius 3 is 1.39 bits per heavy atom. The van der Waals surface area contributed by atoms with Gasteiger partial charge in [-0.25, -0.2) is 9.59 Å². The lowest BCUT2D eigenvalue weighted by Crippen LogP contribution is -2.33. The summed E-state index contributed by atoms with van der Waals surface area (Å²) in [5, 5.41) is 0. The first-order valence-electron chi connectivity index (χ1n) is 11.9. The van der Waals surface area contributed by atoms with Gasteiger partial charge in [-0.2, -0.15) is 0 Å². The zero-order valence-corrected chi connectivity index (χ0v) is 20.2. The van der Waals surface area contributed by atoms with Gasteiger partial charge in [-0.3, -0.25) is 0 Å². The van der Waals surface area contributed by atoms with Crippen LogP contribution in [0.15, 0.2) is 121 Å². The SMILES string of the molecule is NC(=O)O[C@@H](Cc1ccccc1)C(=O)OCc1ccccc1.c1ccc(CCc2ccccc2)cc1. The number of primary amides is 1. The quantitative estimate of drug-likeness (QED) is 0.302. The van der Waals surface area contributed by atoms with E-state index in [0.29, 0.717) is 0 Å². The molecule has 5 nitrogen and oxygen atoms in total. The smallest absolute Gasteiger partial charge is 0.405 e. The Labute approximate surface area is 212 Å². The molecular formula is C31H31NO4. The van der Waals surface area contributed by atoms with E-state index in [9.17, 15) is 9.59 Å². The van der Waals surface area contributed by atoms with E-state index in [1.54, 1.807) is 0 Å². The first-order chi connectivity index (χ1) is 17.6. The average Bonchev–Trinajstić information content (AvgIpc) is 2.93. The van der Waals surface area contributed by atoms with Gasteiger partial charge in [0, 0.05) is 6.42 Å². The van der Waals surface area contributed by atoms with Crippen LogP contribution in [-0.2, 0) is 40.1 Å².